The summed E-state index contributed by atoms with van der Waals surface area (Å²) in [7, 11) is 1.15. The number of hydrogen-bond donors (Lipinski definition) is 0. The van der Waals surface area contributed by atoms with Crippen molar-refractivity contribution in [3.8, 4) is 0 Å². The molecule has 0 unspecified atom stereocenters. The molecule has 2 nitrogen and oxygen atoms in total. The molecule has 0 aliphatic heterocycles. The third-order valence-corrected chi connectivity index (χ3v) is 4.37. The van der Waals surface area contributed by atoms with Gasteiger partial charge in [-0.25, -0.2) is 4.79 Å². The number of rotatable bonds is 4. The number of halogens is 3. The first-order valence-electron chi connectivity index (χ1n) is 6.79. The Balaban J connectivity index is 2.26. The fourth-order valence-electron chi connectivity index (χ4n) is 1.95. The van der Waals surface area contributed by atoms with E-state index >= 15 is 0 Å². The van der Waals surface area contributed by atoms with E-state index in [0.29, 0.717) is 10.6 Å². The zero-order chi connectivity index (χ0) is 17.0. The fraction of sp³-hybridized carbons (Fsp3) is 0.235. The fourth-order valence-corrected chi connectivity index (χ4v) is 2.92. The van der Waals surface area contributed by atoms with Gasteiger partial charge in [-0.2, -0.15) is 13.2 Å². The van der Waals surface area contributed by atoms with Crippen molar-refractivity contribution in [2.45, 2.75) is 23.7 Å². The van der Waals surface area contributed by atoms with Crippen LogP contribution in [0.3, 0.4) is 0 Å². The minimum Gasteiger partial charge on any atom is -0.465 e. The van der Waals surface area contributed by atoms with Gasteiger partial charge in [-0.3, -0.25) is 0 Å². The van der Waals surface area contributed by atoms with Crippen LogP contribution in [-0.4, -0.2) is 13.1 Å². The smallest absolute Gasteiger partial charge is 0.416 e. The number of carbonyl (C=O) groups is 1. The maximum absolute atomic E-state index is 12.8. The molecule has 0 radical (unpaired) electrons. The average molecular weight is 340 g/mol. The second-order valence-electron chi connectivity index (χ2n) is 4.97. The number of hydrogen-bond acceptors (Lipinski definition) is 3. The van der Waals surface area contributed by atoms with Gasteiger partial charge in [0.2, 0.25) is 0 Å². The van der Waals surface area contributed by atoms with E-state index in [1.807, 2.05) is 31.2 Å². The monoisotopic (exact) mass is 340 g/mol. The molecule has 2 aromatic rings. The molecule has 0 spiro atoms. The molecule has 0 bridgehead atoms. The van der Waals surface area contributed by atoms with Crippen LogP contribution in [0.25, 0.3) is 0 Å². The molecule has 0 aromatic heterocycles. The summed E-state index contributed by atoms with van der Waals surface area (Å²) in [6.45, 7) is 1.97. The quantitative estimate of drug-likeness (QED) is 0.573. The molecular weight excluding hydrogens is 325 g/mol. The van der Waals surface area contributed by atoms with Gasteiger partial charge in [0.1, 0.15) is 0 Å². The lowest BCUT2D eigenvalue weighted by atomic mass is 10.1. The second-order valence-corrected chi connectivity index (χ2v) is 5.99. The lowest BCUT2D eigenvalue weighted by Crippen LogP contribution is -2.09. The van der Waals surface area contributed by atoms with E-state index < -0.39 is 17.7 Å². The molecule has 122 valence electrons. The Morgan fingerprint density at radius 3 is 2.35 bits per heavy atom. The molecule has 0 aliphatic carbocycles. The maximum atomic E-state index is 12.8. The molecular formula is C17H15F3O2S. The molecule has 0 saturated carbocycles. The summed E-state index contributed by atoms with van der Waals surface area (Å²) < 4.78 is 43.0. The molecule has 0 fully saturated rings. The normalized spacial score (nSPS) is 11.3. The van der Waals surface area contributed by atoms with Crippen LogP contribution < -0.4 is 0 Å². The zero-order valence-electron chi connectivity index (χ0n) is 12.6. The van der Waals surface area contributed by atoms with Crippen LogP contribution in [0, 0.1) is 6.92 Å². The Kier molecular flexibility index (Phi) is 5.36. The van der Waals surface area contributed by atoms with Crippen molar-refractivity contribution in [3.05, 3.63) is 64.7 Å². The number of ether oxygens (including phenoxy) is 1. The van der Waals surface area contributed by atoms with E-state index in [9.17, 15) is 18.0 Å². The third kappa shape index (κ3) is 4.51. The highest BCUT2D eigenvalue weighted by Crippen LogP contribution is 2.34. The van der Waals surface area contributed by atoms with Crippen molar-refractivity contribution < 1.29 is 22.7 Å². The molecule has 0 N–H and O–H groups in total. The number of alkyl halides is 3. The van der Waals surface area contributed by atoms with Crippen LogP contribution >= 0.6 is 11.8 Å². The van der Waals surface area contributed by atoms with Crippen molar-refractivity contribution in [2.24, 2.45) is 0 Å². The highest BCUT2D eigenvalue weighted by Gasteiger charge is 2.32. The Morgan fingerprint density at radius 1 is 1.13 bits per heavy atom. The van der Waals surface area contributed by atoms with Gasteiger partial charge in [0.05, 0.1) is 18.2 Å². The molecule has 23 heavy (non-hydrogen) atoms. The first-order valence-corrected chi connectivity index (χ1v) is 7.77. The summed E-state index contributed by atoms with van der Waals surface area (Å²) in [6.07, 6.45) is -4.50. The Labute approximate surface area is 136 Å². The maximum Gasteiger partial charge on any atom is 0.416 e. The number of esters is 1. The Bertz CT molecular complexity index is 694. The van der Waals surface area contributed by atoms with Crippen molar-refractivity contribution in [1.82, 2.24) is 0 Å². The molecule has 0 atom stereocenters. The summed E-state index contributed by atoms with van der Waals surface area (Å²) in [6, 6.07) is 10.9. The summed E-state index contributed by atoms with van der Waals surface area (Å²) in [5.74, 6) is -0.224. The molecule has 0 amide bonds. The van der Waals surface area contributed by atoms with Gasteiger partial charge >= 0.3 is 12.1 Å². The van der Waals surface area contributed by atoms with Gasteiger partial charge in [0, 0.05) is 10.6 Å². The SMILES string of the molecule is COC(=O)c1cc(C(F)(F)F)ccc1SCc1ccc(C)cc1. The highest BCUT2D eigenvalue weighted by atomic mass is 32.2. The standard InChI is InChI=1S/C17H15F3O2S/c1-11-3-5-12(6-4-11)10-23-15-8-7-13(17(18,19)20)9-14(15)16(21)22-2/h3-9H,10H2,1-2H3. The summed E-state index contributed by atoms with van der Waals surface area (Å²) >= 11 is 1.30. The van der Waals surface area contributed by atoms with E-state index in [0.717, 1.165) is 30.4 Å². The van der Waals surface area contributed by atoms with E-state index in [4.69, 9.17) is 0 Å². The van der Waals surface area contributed by atoms with Gasteiger partial charge < -0.3 is 4.74 Å². The molecule has 6 heteroatoms. The number of thioether (sulfide) groups is 1. The van der Waals surface area contributed by atoms with Crippen molar-refractivity contribution in [2.75, 3.05) is 7.11 Å². The molecule has 0 saturated heterocycles. The Hall–Kier alpha value is -1.95. The number of carbonyl (C=O) groups excluding carboxylic acids is 1. The minimum absolute atomic E-state index is 0.0700. The van der Waals surface area contributed by atoms with E-state index in [1.54, 1.807) is 0 Å². The lowest BCUT2D eigenvalue weighted by Gasteiger charge is -2.12. The van der Waals surface area contributed by atoms with E-state index in [-0.39, 0.29) is 5.56 Å². The van der Waals surface area contributed by atoms with Gasteiger partial charge in [-0.05, 0) is 30.7 Å². The molecule has 0 heterocycles. The van der Waals surface area contributed by atoms with E-state index in [2.05, 4.69) is 4.74 Å². The molecule has 2 rings (SSSR count). The number of methoxy groups -OCH3 is 1. The first kappa shape index (κ1) is 17.4. The zero-order valence-corrected chi connectivity index (χ0v) is 13.4. The van der Waals surface area contributed by atoms with Gasteiger partial charge in [0.15, 0.2) is 0 Å². The van der Waals surface area contributed by atoms with Crippen LogP contribution in [0.1, 0.15) is 27.0 Å². The lowest BCUT2D eigenvalue weighted by molar-refractivity contribution is -0.137. The second kappa shape index (κ2) is 7.08. The summed E-state index contributed by atoms with van der Waals surface area (Å²) in [5, 5.41) is 0. The Morgan fingerprint density at radius 2 is 1.78 bits per heavy atom. The number of benzene rings is 2. The minimum atomic E-state index is -4.50. The third-order valence-electron chi connectivity index (χ3n) is 3.23. The first-order chi connectivity index (χ1) is 10.8. The molecule has 2 aromatic carbocycles. The van der Waals surface area contributed by atoms with Crippen LogP contribution in [-0.2, 0) is 16.7 Å². The van der Waals surface area contributed by atoms with Crippen LogP contribution in [0.15, 0.2) is 47.4 Å². The van der Waals surface area contributed by atoms with Crippen LogP contribution in [0.5, 0.6) is 0 Å². The predicted molar refractivity (Wildman–Crippen MR) is 83.5 cm³/mol. The molecule has 0 aliphatic rings. The van der Waals surface area contributed by atoms with Crippen molar-refractivity contribution in [3.63, 3.8) is 0 Å². The van der Waals surface area contributed by atoms with Crippen LogP contribution in [0.4, 0.5) is 13.2 Å². The highest BCUT2D eigenvalue weighted by molar-refractivity contribution is 7.98. The van der Waals surface area contributed by atoms with Gasteiger partial charge in [-0.1, -0.05) is 29.8 Å². The van der Waals surface area contributed by atoms with Crippen molar-refractivity contribution >= 4 is 17.7 Å². The van der Waals surface area contributed by atoms with E-state index in [1.165, 1.54) is 17.8 Å². The summed E-state index contributed by atoms with van der Waals surface area (Å²) in [4.78, 5) is 12.2. The average Bonchev–Trinajstić information content (AvgIpc) is 2.52. The van der Waals surface area contributed by atoms with Crippen LogP contribution in [0.2, 0.25) is 0 Å². The van der Waals surface area contributed by atoms with Crippen molar-refractivity contribution in [1.29, 1.82) is 0 Å². The van der Waals surface area contributed by atoms with Gasteiger partial charge in [-0.15, -0.1) is 11.8 Å². The summed E-state index contributed by atoms with van der Waals surface area (Å²) in [5.41, 5.74) is 1.22. The van der Waals surface area contributed by atoms with Gasteiger partial charge in [0.25, 0.3) is 0 Å². The number of aryl methyl sites for hydroxylation is 1. The topological polar surface area (TPSA) is 26.3 Å². The predicted octanol–water partition coefficient (Wildman–Crippen LogP) is 5.09. The largest absolute Gasteiger partial charge is 0.465 e.